The predicted octanol–water partition coefficient (Wildman–Crippen LogP) is 2.89. The number of hydrogen-bond acceptors (Lipinski definition) is 5. The molecule has 1 aromatic rings. The van der Waals surface area contributed by atoms with Crippen LogP contribution in [0.2, 0.25) is 0 Å². The minimum atomic E-state index is -1.03. The zero-order valence-corrected chi connectivity index (χ0v) is 16.3. The van der Waals surface area contributed by atoms with E-state index in [1.807, 2.05) is 30.3 Å². The van der Waals surface area contributed by atoms with Gasteiger partial charge in [0.05, 0.1) is 24.1 Å². The third-order valence-electron chi connectivity index (χ3n) is 5.71. The maximum atomic E-state index is 13.2. The summed E-state index contributed by atoms with van der Waals surface area (Å²) in [5, 5.41) is 9.41. The lowest BCUT2D eigenvalue weighted by Gasteiger charge is -2.33. The summed E-state index contributed by atoms with van der Waals surface area (Å²) in [6.07, 6.45) is -1.54. The Hall–Kier alpha value is -2.61. The highest BCUT2D eigenvalue weighted by atomic mass is 16.6. The first-order valence-electron chi connectivity index (χ1n) is 9.47. The summed E-state index contributed by atoms with van der Waals surface area (Å²) in [4.78, 5) is 39.5. The van der Waals surface area contributed by atoms with E-state index in [0.717, 1.165) is 16.9 Å². The van der Waals surface area contributed by atoms with Gasteiger partial charge in [0.25, 0.3) is 0 Å². The Kier molecular flexibility index (Phi) is 5.88. The molecule has 2 aliphatic heterocycles. The highest BCUT2D eigenvalue weighted by Crippen LogP contribution is 2.35. The molecule has 2 saturated heterocycles. The number of rotatable bonds is 5. The second-order valence-electron chi connectivity index (χ2n) is 7.34. The molecule has 0 saturated carbocycles. The Balaban J connectivity index is 1.78. The Labute approximate surface area is 164 Å². The van der Waals surface area contributed by atoms with Crippen LogP contribution in [0, 0.1) is 5.92 Å². The number of carbonyl (C=O) groups is 3. The van der Waals surface area contributed by atoms with Crippen molar-refractivity contribution in [2.75, 3.05) is 13.7 Å². The topological polar surface area (TPSA) is 96.4 Å². The van der Waals surface area contributed by atoms with Crippen molar-refractivity contribution in [1.29, 1.82) is 0 Å². The molecule has 2 heterocycles. The van der Waals surface area contributed by atoms with Gasteiger partial charge in [0.2, 0.25) is 5.91 Å². The molecular weight excluding hydrogens is 364 g/mol. The summed E-state index contributed by atoms with van der Waals surface area (Å²) in [5.74, 6) is -1.11. The van der Waals surface area contributed by atoms with E-state index in [9.17, 15) is 19.5 Å². The molecule has 5 atom stereocenters. The number of carboxylic acid groups (broad SMARTS) is 1. The molecule has 0 bridgehead atoms. The molecular formula is C20H26N2O6. The Bertz CT molecular complexity index is 739. The maximum absolute atomic E-state index is 13.2. The number of amides is 3. The number of benzene rings is 1. The quantitative estimate of drug-likeness (QED) is 0.830. The van der Waals surface area contributed by atoms with Crippen molar-refractivity contribution in [3.05, 3.63) is 35.9 Å². The second-order valence-corrected chi connectivity index (χ2v) is 7.34. The minimum absolute atomic E-state index is 0.416. The lowest BCUT2D eigenvalue weighted by molar-refractivity contribution is -0.139. The average Bonchev–Trinajstić information content (AvgIpc) is 3.27. The van der Waals surface area contributed by atoms with Crippen molar-refractivity contribution in [2.45, 2.75) is 51.0 Å². The fourth-order valence-corrected chi connectivity index (χ4v) is 4.27. The number of nitrogens with zero attached hydrogens (tertiary/aromatic N) is 2. The number of methoxy groups -OCH3 is 1. The second kappa shape index (κ2) is 8.18. The van der Waals surface area contributed by atoms with Crippen LogP contribution in [0.3, 0.4) is 0 Å². The summed E-state index contributed by atoms with van der Waals surface area (Å²) in [5.41, 5.74) is 0.822. The van der Waals surface area contributed by atoms with E-state index in [1.54, 1.807) is 13.8 Å². The van der Waals surface area contributed by atoms with Crippen LogP contribution in [0.1, 0.15) is 38.4 Å². The number of imide groups is 1. The predicted molar refractivity (Wildman–Crippen MR) is 99.7 cm³/mol. The van der Waals surface area contributed by atoms with Crippen LogP contribution in [0.25, 0.3) is 0 Å². The van der Waals surface area contributed by atoms with Gasteiger partial charge in [-0.05, 0) is 25.3 Å². The van der Waals surface area contributed by atoms with Gasteiger partial charge in [-0.3, -0.25) is 4.79 Å². The third-order valence-corrected chi connectivity index (χ3v) is 5.71. The zero-order chi connectivity index (χ0) is 20.4. The molecule has 2 fully saturated rings. The minimum Gasteiger partial charge on any atom is -0.465 e. The largest absolute Gasteiger partial charge is 0.465 e. The number of cyclic esters (lactones) is 1. The molecule has 28 heavy (non-hydrogen) atoms. The van der Waals surface area contributed by atoms with Gasteiger partial charge in [-0.25, -0.2) is 14.5 Å². The first kappa shape index (κ1) is 20.1. The molecule has 1 aromatic carbocycles. The zero-order valence-electron chi connectivity index (χ0n) is 16.3. The summed E-state index contributed by atoms with van der Waals surface area (Å²) < 4.78 is 11.0. The lowest BCUT2D eigenvalue weighted by atomic mass is 9.93. The molecule has 3 rings (SSSR count). The normalized spacial score (nSPS) is 26.8. The molecule has 0 aliphatic carbocycles. The van der Waals surface area contributed by atoms with Gasteiger partial charge in [-0.2, -0.15) is 0 Å². The third kappa shape index (κ3) is 3.56. The van der Waals surface area contributed by atoms with Crippen LogP contribution < -0.4 is 0 Å². The average molecular weight is 390 g/mol. The van der Waals surface area contributed by atoms with E-state index in [1.165, 1.54) is 12.0 Å². The van der Waals surface area contributed by atoms with Crippen LogP contribution >= 0.6 is 0 Å². The number of ether oxygens (including phenoxy) is 2. The van der Waals surface area contributed by atoms with Gasteiger partial charge in [-0.1, -0.05) is 37.3 Å². The van der Waals surface area contributed by atoms with E-state index in [4.69, 9.17) is 9.47 Å². The van der Waals surface area contributed by atoms with Crippen molar-refractivity contribution in [1.82, 2.24) is 9.80 Å². The first-order chi connectivity index (χ1) is 13.4. The van der Waals surface area contributed by atoms with Gasteiger partial charge >= 0.3 is 12.2 Å². The SMILES string of the molecule is CO[C@H]([C@@H](C)C(=O)N1C(=O)O[C@@H](c2ccccc2)[C@H]1C)[C@@H]1CCCN1C(=O)O. The smallest absolute Gasteiger partial charge is 0.417 e. The highest BCUT2D eigenvalue weighted by molar-refractivity contribution is 5.95. The molecule has 1 N–H and O–H groups in total. The molecule has 0 spiro atoms. The van der Waals surface area contributed by atoms with E-state index in [-0.39, 0.29) is 0 Å². The Morgan fingerprint density at radius 3 is 2.57 bits per heavy atom. The van der Waals surface area contributed by atoms with Crippen LogP contribution in [-0.4, -0.2) is 64.8 Å². The van der Waals surface area contributed by atoms with Gasteiger partial charge in [0.1, 0.15) is 6.10 Å². The summed E-state index contributed by atoms with van der Waals surface area (Å²) in [6.45, 7) is 3.86. The molecule has 152 valence electrons. The van der Waals surface area contributed by atoms with Crippen molar-refractivity contribution < 1.29 is 29.0 Å². The van der Waals surface area contributed by atoms with Crippen LogP contribution in [-0.2, 0) is 14.3 Å². The molecule has 0 unspecified atom stereocenters. The van der Waals surface area contributed by atoms with E-state index < -0.39 is 48.3 Å². The fourth-order valence-electron chi connectivity index (χ4n) is 4.27. The molecule has 0 aromatic heterocycles. The van der Waals surface area contributed by atoms with Crippen LogP contribution in [0.5, 0.6) is 0 Å². The number of likely N-dealkylation sites (tertiary alicyclic amines) is 1. The van der Waals surface area contributed by atoms with Gasteiger partial charge in [0.15, 0.2) is 0 Å². The van der Waals surface area contributed by atoms with Crippen molar-refractivity contribution in [3.63, 3.8) is 0 Å². The Morgan fingerprint density at radius 2 is 1.96 bits per heavy atom. The fraction of sp³-hybridized carbons (Fsp3) is 0.550. The molecule has 2 aliphatic rings. The van der Waals surface area contributed by atoms with Crippen LogP contribution in [0.15, 0.2) is 30.3 Å². The molecule has 3 amide bonds. The van der Waals surface area contributed by atoms with E-state index >= 15 is 0 Å². The van der Waals surface area contributed by atoms with E-state index in [2.05, 4.69) is 0 Å². The first-order valence-corrected chi connectivity index (χ1v) is 9.47. The number of hydrogen-bond donors (Lipinski definition) is 1. The molecule has 0 radical (unpaired) electrons. The van der Waals surface area contributed by atoms with Crippen molar-refractivity contribution in [3.8, 4) is 0 Å². The molecule has 8 nitrogen and oxygen atoms in total. The van der Waals surface area contributed by atoms with Gasteiger partial charge < -0.3 is 19.5 Å². The van der Waals surface area contributed by atoms with E-state index in [0.29, 0.717) is 13.0 Å². The lowest BCUT2D eigenvalue weighted by Crippen LogP contribution is -2.51. The van der Waals surface area contributed by atoms with Crippen molar-refractivity contribution in [2.24, 2.45) is 5.92 Å². The number of carbonyl (C=O) groups excluding carboxylic acids is 2. The standard InChI is InChI=1S/C20H26N2O6/c1-12(16(27-3)15-10-7-11-21(15)19(24)25)18(23)22-13(2)17(28-20(22)26)14-8-5-4-6-9-14/h4-6,8-9,12-13,15-17H,7,10-11H2,1-3H3,(H,24,25)/t12-,13-,15+,16-,17-/m1/s1. The molecule has 8 heteroatoms. The summed E-state index contributed by atoms with van der Waals surface area (Å²) in [6, 6.07) is 8.39. The maximum Gasteiger partial charge on any atom is 0.417 e. The van der Waals surface area contributed by atoms with Gasteiger partial charge in [-0.15, -0.1) is 0 Å². The summed E-state index contributed by atoms with van der Waals surface area (Å²) in [7, 11) is 1.46. The summed E-state index contributed by atoms with van der Waals surface area (Å²) >= 11 is 0. The monoisotopic (exact) mass is 390 g/mol. The highest BCUT2D eigenvalue weighted by Gasteiger charge is 2.48. The van der Waals surface area contributed by atoms with Crippen LogP contribution in [0.4, 0.5) is 9.59 Å². The Morgan fingerprint density at radius 1 is 1.29 bits per heavy atom. The van der Waals surface area contributed by atoms with Gasteiger partial charge in [0, 0.05) is 13.7 Å². The van der Waals surface area contributed by atoms with Crippen molar-refractivity contribution >= 4 is 18.1 Å².